The lowest BCUT2D eigenvalue weighted by atomic mass is 10.1. The molecule has 2 aromatic heterocycles. The Balaban J connectivity index is 1.40. The Labute approximate surface area is 155 Å². The molecule has 3 aromatic carbocycles. The van der Waals surface area contributed by atoms with E-state index < -0.39 is 0 Å². The SMILES string of the molecule is C(=Cc1cc2ccccc2s1)c1ccc(-c2cc3ccccc3o2)cc1. The first-order valence-corrected chi connectivity index (χ1v) is 9.42. The van der Waals surface area contributed by atoms with Crippen LogP contribution < -0.4 is 0 Å². The van der Waals surface area contributed by atoms with Crippen molar-refractivity contribution in [2.75, 3.05) is 0 Å². The van der Waals surface area contributed by atoms with E-state index in [9.17, 15) is 0 Å². The minimum Gasteiger partial charge on any atom is -0.456 e. The van der Waals surface area contributed by atoms with Crippen molar-refractivity contribution in [2.45, 2.75) is 0 Å². The highest BCUT2D eigenvalue weighted by atomic mass is 32.1. The van der Waals surface area contributed by atoms with Gasteiger partial charge in [0.05, 0.1) is 0 Å². The lowest BCUT2D eigenvalue weighted by Gasteiger charge is -1.98. The van der Waals surface area contributed by atoms with Crippen LogP contribution in [0.25, 0.3) is 44.5 Å². The molecule has 0 aliphatic carbocycles. The van der Waals surface area contributed by atoms with Crippen LogP contribution in [-0.4, -0.2) is 0 Å². The van der Waals surface area contributed by atoms with E-state index in [0.29, 0.717) is 0 Å². The highest BCUT2D eigenvalue weighted by Crippen LogP contribution is 2.29. The number of rotatable bonds is 3. The summed E-state index contributed by atoms with van der Waals surface area (Å²) >= 11 is 1.82. The second-order valence-electron chi connectivity index (χ2n) is 6.29. The van der Waals surface area contributed by atoms with Crippen LogP contribution in [0.4, 0.5) is 0 Å². The Morgan fingerprint density at radius 2 is 1.46 bits per heavy atom. The summed E-state index contributed by atoms with van der Waals surface area (Å²) in [6, 6.07) is 29.4. The minimum absolute atomic E-state index is 0.909. The number of furan rings is 1. The molecule has 0 unspecified atom stereocenters. The average molecular weight is 352 g/mol. The van der Waals surface area contributed by atoms with Crippen LogP contribution >= 0.6 is 11.3 Å². The second-order valence-corrected chi connectivity index (χ2v) is 7.41. The topological polar surface area (TPSA) is 13.1 Å². The van der Waals surface area contributed by atoms with Gasteiger partial charge in [0.2, 0.25) is 0 Å². The molecule has 0 aliphatic rings. The molecule has 26 heavy (non-hydrogen) atoms. The lowest BCUT2D eigenvalue weighted by Crippen LogP contribution is -1.75. The zero-order valence-electron chi connectivity index (χ0n) is 14.1. The third-order valence-corrected chi connectivity index (χ3v) is 5.59. The van der Waals surface area contributed by atoms with Gasteiger partial charge >= 0.3 is 0 Å². The van der Waals surface area contributed by atoms with E-state index in [-0.39, 0.29) is 0 Å². The third-order valence-electron chi connectivity index (χ3n) is 4.51. The first-order chi connectivity index (χ1) is 12.8. The molecular weight excluding hydrogens is 336 g/mol. The predicted molar refractivity (Wildman–Crippen MR) is 112 cm³/mol. The van der Waals surface area contributed by atoms with E-state index in [1.807, 2.05) is 29.5 Å². The molecule has 0 spiro atoms. The monoisotopic (exact) mass is 352 g/mol. The Morgan fingerprint density at radius 1 is 0.692 bits per heavy atom. The summed E-state index contributed by atoms with van der Waals surface area (Å²) in [6.45, 7) is 0. The number of benzene rings is 3. The highest BCUT2D eigenvalue weighted by Gasteiger charge is 2.05. The Morgan fingerprint density at radius 3 is 2.27 bits per heavy atom. The van der Waals surface area contributed by atoms with Crippen LogP contribution in [-0.2, 0) is 0 Å². The van der Waals surface area contributed by atoms with Gasteiger partial charge in [0.1, 0.15) is 11.3 Å². The first-order valence-electron chi connectivity index (χ1n) is 8.61. The molecule has 0 atom stereocenters. The summed E-state index contributed by atoms with van der Waals surface area (Å²) in [6.07, 6.45) is 4.34. The van der Waals surface area contributed by atoms with Gasteiger partial charge in [-0.05, 0) is 41.3 Å². The van der Waals surface area contributed by atoms with Gasteiger partial charge in [0, 0.05) is 20.5 Å². The van der Waals surface area contributed by atoms with Gasteiger partial charge in [0.25, 0.3) is 0 Å². The van der Waals surface area contributed by atoms with Gasteiger partial charge in [-0.25, -0.2) is 0 Å². The van der Waals surface area contributed by atoms with Gasteiger partial charge in [-0.2, -0.15) is 0 Å². The number of fused-ring (bicyclic) bond motifs is 2. The molecule has 5 aromatic rings. The van der Waals surface area contributed by atoms with Crippen molar-refractivity contribution in [1.82, 2.24) is 0 Å². The van der Waals surface area contributed by atoms with Crippen LogP contribution in [0.3, 0.4) is 0 Å². The zero-order chi connectivity index (χ0) is 17.3. The van der Waals surface area contributed by atoms with Crippen molar-refractivity contribution in [3.63, 3.8) is 0 Å². The Kier molecular flexibility index (Phi) is 3.69. The molecule has 124 valence electrons. The van der Waals surface area contributed by atoms with E-state index in [2.05, 4.69) is 78.9 Å². The molecule has 2 heterocycles. The number of hydrogen-bond donors (Lipinski definition) is 0. The number of hydrogen-bond acceptors (Lipinski definition) is 2. The molecule has 0 bridgehead atoms. The summed E-state index contributed by atoms with van der Waals surface area (Å²) < 4.78 is 7.27. The lowest BCUT2D eigenvalue weighted by molar-refractivity contribution is 0.631. The summed E-state index contributed by atoms with van der Waals surface area (Å²) in [5, 5.41) is 2.44. The largest absolute Gasteiger partial charge is 0.456 e. The van der Waals surface area contributed by atoms with E-state index in [0.717, 1.165) is 22.3 Å². The number of thiophene rings is 1. The summed E-state index contributed by atoms with van der Waals surface area (Å²) in [4.78, 5) is 1.27. The Bertz CT molecular complexity index is 1160. The molecule has 2 heteroatoms. The summed E-state index contributed by atoms with van der Waals surface area (Å²) in [5.74, 6) is 0.909. The van der Waals surface area contributed by atoms with E-state index in [1.165, 1.54) is 20.5 Å². The average Bonchev–Trinajstić information content (AvgIpc) is 3.30. The maximum atomic E-state index is 5.94. The number of para-hydroxylation sites is 1. The molecule has 5 rings (SSSR count). The van der Waals surface area contributed by atoms with E-state index in [1.54, 1.807) is 0 Å². The van der Waals surface area contributed by atoms with Crippen molar-refractivity contribution >= 4 is 44.5 Å². The standard InChI is InChI=1S/C24H16OS/c1-3-7-22-19(5-1)16-23(25-22)18-12-9-17(10-13-18)11-14-21-15-20-6-2-4-8-24(20)26-21/h1-16H. The fourth-order valence-corrected chi connectivity index (χ4v) is 4.11. The summed E-state index contributed by atoms with van der Waals surface area (Å²) in [7, 11) is 0. The van der Waals surface area contributed by atoms with Gasteiger partial charge in [-0.3, -0.25) is 0 Å². The first kappa shape index (κ1) is 15.2. The van der Waals surface area contributed by atoms with Crippen LogP contribution in [0.15, 0.2) is 89.3 Å². The van der Waals surface area contributed by atoms with Crippen LogP contribution in [0.5, 0.6) is 0 Å². The molecule has 0 saturated heterocycles. The van der Waals surface area contributed by atoms with Crippen molar-refractivity contribution < 1.29 is 4.42 Å². The fraction of sp³-hybridized carbons (Fsp3) is 0. The van der Waals surface area contributed by atoms with Crippen molar-refractivity contribution in [2.24, 2.45) is 0 Å². The third kappa shape index (κ3) is 2.85. The van der Waals surface area contributed by atoms with Gasteiger partial charge in [-0.15, -0.1) is 11.3 Å². The normalized spacial score (nSPS) is 11.7. The van der Waals surface area contributed by atoms with E-state index in [4.69, 9.17) is 4.42 Å². The van der Waals surface area contributed by atoms with Crippen LogP contribution in [0.1, 0.15) is 10.4 Å². The molecular formula is C24H16OS. The molecule has 0 amide bonds. The summed E-state index contributed by atoms with van der Waals surface area (Å²) in [5.41, 5.74) is 3.21. The van der Waals surface area contributed by atoms with Crippen LogP contribution in [0.2, 0.25) is 0 Å². The fourth-order valence-electron chi connectivity index (χ4n) is 3.15. The second kappa shape index (κ2) is 6.32. The van der Waals surface area contributed by atoms with Crippen molar-refractivity contribution in [3.8, 4) is 11.3 Å². The van der Waals surface area contributed by atoms with Crippen molar-refractivity contribution in [1.29, 1.82) is 0 Å². The quantitative estimate of drug-likeness (QED) is 0.328. The Hall–Kier alpha value is -3.10. The van der Waals surface area contributed by atoms with E-state index >= 15 is 0 Å². The maximum Gasteiger partial charge on any atom is 0.135 e. The van der Waals surface area contributed by atoms with Crippen molar-refractivity contribution in [3.05, 3.63) is 95.4 Å². The minimum atomic E-state index is 0.909. The van der Waals surface area contributed by atoms with Gasteiger partial charge < -0.3 is 4.42 Å². The van der Waals surface area contributed by atoms with Gasteiger partial charge in [0.15, 0.2) is 0 Å². The molecule has 0 saturated carbocycles. The predicted octanol–water partition coefficient (Wildman–Crippen LogP) is 7.48. The maximum absolute atomic E-state index is 5.94. The molecule has 0 radical (unpaired) electrons. The smallest absolute Gasteiger partial charge is 0.135 e. The molecule has 0 aliphatic heterocycles. The highest BCUT2D eigenvalue weighted by molar-refractivity contribution is 7.19. The molecule has 0 N–H and O–H groups in total. The molecule has 0 fully saturated rings. The zero-order valence-corrected chi connectivity index (χ0v) is 14.9. The van der Waals surface area contributed by atoms with Crippen LogP contribution in [0, 0.1) is 0 Å². The molecule has 1 nitrogen and oxygen atoms in total. The van der Waals surface area contributed by atoms with Gasteiger partial charge in [-0.1, -0.05) is 66.7 Å².